The second-order valence-electron chi connectivity index (χ2n) is 9.35. The molecule has 1 aliphatic carbocycles. The molecule has 0 bridgehead atoms. The summed E-state index contributed by atoms with van der Waals surface area (Å²) >= 11 is 0. The number of aryl methyl sites for hydroxylation is 2. The number of nitrogens with zero attached hydrogens (tertiary/aromatic N) is 8. The van der Waals surface area contributed by atoms with Crippen molar-refractivity contribution in [1.29, 1.82) is 0 Å². The van der Waals surface area contributed by atoms with E-state index in [0.29, 0.717) is 0 Å². The molecule has 0 N–H and O–H groups in total. The Balaban J connectivity index is 1.49. The van der Waals surface area contributed by atoms with Gasteiger partial charge in [0.25, 0.3) is 0 Å². The van der Waals surface area contributed by atoms with Crippen LogP contribution in [0.5, 0.6) is 0 Å². The summed E-state index contributed by atoms with van der Waals surface area (Å²) in [6.07, 6.45) is 6.23. The Bertz CT molecular complexity index is 1130. The van der Waals surface area contributed by atoms with E-state index in [2.05, 4.69) is 21.7 Å². The molecule has 3 aliphatic rings. The highest BCUT2D eigenvalue weighted by molar-refractivity contribution is 5.61. The average Bonchev–Trinajstić information content (AvgIpc) is 3.22. The number of fused-ring (bicyclic) bond motifs is 1. The Labute approximate surface area is 187 Å². The van der Waals surface area contributed by atoms with Gasteiger partial charge in [0, 0.05) is 37.9 Å². The van der Waals surface area contributed by atoms with Gasteiger partial charge in [-0.2, -0.15) is 0 Å². The average molecular weight is 435 g/mol. The zero-order chi connectivity index (χ0) is 21.9. The molecule has 3 fully saturated rings. The maximum absolute atomic E-state index is 5.60. The zero-order valence-electron chi connectivity index (χ0n) is 19.1. The molecule has 2 aliphatic heterocycles. The van der Waals surface area contributed by atoms with Crippen LogP contribution in [0.1, 0.15) is 54.3 Å². The van der Waals surface area contributed by atoms with Gasteiger partial charge in [-0.25, -0.2) is 19.5 Å². The van der Waals surface area contributed by atoms with Gasteiger partial charge in [-0.05, 0) is 46.5 Å². The van der Waals surface area contributed by atoms with Crippen LogP contribution in [0.3, 0.4) is 0 Å². The summed E-state index contributed by atoms with van der Waals surface area (Å²) in [7, 11) is 0. The SMILES string of the molecule is Cc1c(N2CCCC2)nc(C2(c3nc4c(C)ncc(C)n4n3)CC2)nc1N1CCOCC1. The van der Waals surface area contributed by atoms with E-state index >= 15 is 0 Å². The van der Waals surface area contributed by atoms with E-state index < -0.39 is 0 Å². The van der Waals surface area contributed by atoms with Gasteiger partial charge in [0.05, 0.1) is 30.0 Å². The topological polar surface area (TPSA) is 84.6 Å². The standard InChI is InChI=1S/C23H30N8O/c1-15-14-24-17(3)20-27-22(28-31(15)20)23(6-7-23)21-25-18(29-8-4-5-9-29)16(2)19(26-21)30-10-12-32-13-11-30/h14H,4-13H2,1-3H3. The van der Waals surface area contributed by atoms with E-state index in [4.69, 9.17) is 24.8 Å². The molecule has 3 aromatic heterocycles. The van der Waals surface area contributed by atoms with E-state index in [1.807, 2.05) is 24.6 Å². The molecule has 0 unspecified atom stereocenters. The lowest BCUT2D eigenvalue weighted by molar-refractivity contribution is 0.122. The van der Waals surface area contributed by atoms with Crippen LogP contribution in [0.4, 0.5) is 11.6 Å². The van der Waals surface area contributed by atoms with Crippen molar-refractivity contribution in [3.63, 3.8) is 0 Å². The minimum atomic E-state index is -0.311. The van der Waals surface area contributed by atoms with Crippen LogP contribution < -0.4 is 9.80 Å². The molecule has 0 aromatic carbocycles. The first-order chi connectivity index (χ1) is 15.6. The van der Waals surface area contributed by atoms with Gasteiger partial charge in [0.2, 0.25) is 0 Å². The Morgan fingerprint density at radius 3 is 2.12 bits per heavy atom. The van der Waals surface area contributed by atoms with Gasteiger partial charge in [0.1, 0.15) is 17.5 Å². The van der Waals surface area contributed by atoms with Crippen LogP contribution in [-0.4, -0.2) is 68.9 Å². The lowest BCUT2D eigenvalue weighted by Crippen LogP contribution is -2.38. The van der Waals surface area contributed by atoms with Gasteiger partial charge in [-0.15, -0.1) is 5.10 Å². The summed E-state index contributed by atoms with van der Waals surface area (Å²) < 4.78 is 7.52. The predicted molar refractivity (Wildman–Crippen MR) is 122 cm³/mol. The highest BCUT2D eigenvalue weighted by Crippen LogP contribution is 2.52. The summed E-state index contributed by atoms with van der Waals surface area (Å²) in [4.78, 5) is 24.6. The largest absolute Gasteiger partial charge is 0.378 e. The van der Waals surface area contributed by atoms with Crippen molar-refractivity contribution in [3.05, 3.63) is 34.8 Å². The van der Waals surface area contributed by atoms with Gasteiger partial charge >= 0.3 is 0 Å². The Morgan fingerprint density at radius 2 is 1.50 bits per heavy atom. The lowest BCUT2D eigenvalue weighted by Gasteiger charge is -2.31. The fourth-order valence-corrected chi connectivity index (χ4v) is 5.00. The predicted octanol–water partition coefficient (Wildman–Crippen LogP) is 2.36. The van der Waals surface area contributed by atoms with Crippen molar-refractivity contribution in [1.82, 2.24) is 29.5 Å². The molecule has 2 saturated heterocycles. The fraction of sp³-hybridized carbons (Fsp3) is 0.609. The molecule has 0 atom stereocenters. The first-order valence-electron chi connectivity index (χ1n) is 11.7. The maximum atomic E-state index is 5.60. The number of hydrogen-bond donors (Lipinski definition) is 0. The second kappa shape index (κ2) is 7.37. The van der Waals surface area contributed by atoms with Crippen molar-refractivity contribution in [2.45, 2.75) is 51.9 Å². The third kappa shape index (κ3) is 3.05. The number of anilines is 2. The number of morpholine rings is 1. The van der Waals surface area contributed by atoms with Crippen LogP contribution in [0.2, 0.25) is 0 Å². The quantitative estimate of drug-likeness (QED) is 0.619. The van der Waals surface area contributed by atoms with E-state index in [0.717, 1.165) is 92.6 Å². The molecule has 168 valence electrons. The Morgan fingerprint density at radius 1 is 0.844 bits per heavy atom. The number of aromatic nitrogens is 6. The monoisotopic (exact) mass is 434 g/mol. The van der Waals surface area contributed by atoms with Crippen molar-refractivity contribution in [3.8, 4) is 0 Å². The summed E-state index contributed by atoms with van der Waals surface area (Å²) in [5.74, 6) is 3.81. The molecule has 0 radical (unpaired) electrons. The number of rotatable bonds is 4. The Kier molecular flexibility index (Phi) is 4.57. The van der Waals surface area contributed by atoms with Crippen LogP contribution in [-0.2, 0) is 10.2 Å². The van der Waals surface area contributed by atoms with Gasteiger partial charge in [-0.1, -0.05) is 0 Å². The van der Waals surface area contributed by atoms with Crippen molar-refractivity contribution in [2.24, 2.45) is 0 Å². The molecule has 5 heterocycles. The highest BCUT2D eigenvalue weighted by atomic mass is 16.5. The molecule has 3 aromatic rings. The minimum absolute atomic E-state index is 0.311. The highest BCUT2D eigenvalue weighted by Gasteiger charge is 2.53. The Hall–Kier alpha value is -2.81. The van der Waals surface area contributed by atoms with Crippen molar-refractivity contribution < 1.29 is 4.74 Å². The first kappa shape index (κ1) is 19.8. The lowest BCUT2D eigenvalue weighted by atomic mass is 10.1. The molecule has 1 saturated carbocycles. The van der Waals surface area contributed by atoms with Crippen LogP contribution in [0.25, 0.3) is 5.65 Å². The van der Waals surface area contributed by atoms with Crippen molar-refractivity contribution >= 4 is 17.3 Å². The molecular formula is C23H30N8O. The third-order valence-electron chi connectivity index (χ3n) is 7.13. The van der Waals surface area contributed by atoms with E-state index in [1.165, 1.54) is 18.4 Å². The zero-order valence-corrected chi connectivity index (χ0v) is 19.1. The first-order valence-corrected chi connectivity index (χ1v) is 11.7. The molecule has 6 rings (SSSR count). The number of ether oxygens (including phenoxy) is 1. The fourth-order valence-electron chi connectivity index (χ4n) is 5.00. The van der Waals surface area contributed by atoms with Gasteiger partial charge in [-0.3, -0.25) is 4.98 Å². The van der Waals surface area contributed by atoms with E-state index in [9.17, 15) is 0 Å². The summed E-state index contributed by atoms with van der Waals surface area (Å²) in [6.45, 7) is 11.5. The van der Waals surface area contributed by atoms with Gasteiger partial charge in [0.15, 0.2) is 11.5 Å². The molecule has 0 amide bonds. The summed E-state index contributed by atoms with van der Waals surface area (Å²) in [5.41, 5.74) is 3.56. The molecule has 0 spiro atoms. The molecule has 9 nitrogen and oxygen atoms in total. The molecular weight excluding hydrogens is 404 g/mol. The van der Waals surface area contributed by atoms with Gasteiger partial charge < -0.3 is 14.5 Å². The summed E-state index contributed by atoms with van der Waals surface area (Å²) in [6, 6.07) is 0. The minimum Gasteiger partial charge on any atom is -0.378 e. The normalized spacial score (nSPS) is 20.3. The molecule has 32 heavy (non-hydrogen) atoms. The van der Waals surface area contributed by atoms with Crippen molar-refractivity contribution in [2.75, 3.05) is 49.2 Å². The van der Waals surface area contributed by atoms with Crippen LogP contribution in [0.15, 0.2) is 6.20 Å². The third-order valence-corrected chi connectivity index (χ3v) is 7.13. The van der Waals surface area contributed by atoms with E-state index in [1.54, 1.807) is 0 Å². The summed E-state index contributed by atoms with van der Waals surface area (Å²) in [5, 5.41) is 4.91. The smallest absolute Gasteiger partial charge is 0.177 e. The van der Waals surface area contributed by atoms with E-state index in [-0.39, 0.29) is 5.41 Å². The number of hydrogen-bond acceptors (Lipinski definition) is 8. The van der Waals surface area contributed by atoms with Crippen LogP contribution >= 0.6 is 0 Å². The second-order valence-corrected chi connectivity index (χ2v) is 9.35. The maximum Gasteiger partial charge on any atom is 0.177 e. The van der Waals surface area contributed by atoms with Crippen LogP contribution in [0, 0.1) is 20.8 Å². The molecule has 9 heteroatoms.